The summed E-state index contributed by atoms with van der Waals surface area (Å²) in [5, 5.41) is 6.08. The van der Waals surface area contributed by atoms with Crippen LogP contribution < -0.4 is 10.6 Å². The average molecular weight is 408 g/mol. The van der Waals surface area contributed by atoms with E-state index in [0.717, 1.165) is 23.1 Å². The van der Waals surface area contributed by atoms with Gasteiger partial charge >= 0.3 is 0 Å². The standard InChI is InChI=1S/C21H20N4O5/c26-15(24-12-5-1-3-11-4-2-8-22-19(11)12)9-23-16(27)10-25-20(28)17-13-6-7-14(30-13)18(17)21(25)29/h1-5,8,13-14,17-18H,6-7,9-10H2,(H,23,27)(H,24,26)/t13-,14-,17-,18-/m1/s1. The first kappa shape index (κ1) is 18.7. The fraction of sp³-hybridized carbons (Fsp3) is 0.381. The van der Waals surface area contributed by atoms with E-state index in [9.17, 15) is 19.2 Å². The third-order valence-electron chi connectivity index (χ3n) is 6.03. The van der Waals surface area contributed by atoms with Gasteiger partial charge in [0.05, 0.1) is 41.8 Å². The summed E-state index contributed by atoms with van der Waals surface area (Å²) < 4.78 is 5.67. The number of benzene rings is 1. The van der Waals surface area contributed by atoms with Crippen LogP contribution in [0.3, 0.4) is 0 Å². The SMILES string of the molecule is O=C(CN1C(=O)[C@H]2[C@H](C1=O)[C@H]1CC[C@H]2O1)NCC(=O)Nc1cccc2cccnc12. The van der Waals surface area contributed by atoms with Gasteiger partial charge in [-0.05, 0) is 25.0 Å². The molecule has 5 rings (SSSR count). The lowest BCUT2D eigenvalue weighted by Crippen LogP contribution is -2.44. The molecule has 2 aromatic rings. The first-order valence-corrected chi connectivity index (χ1v) is 9.94. The van der Waals surface area contributed by atoms with Gasteiger partial charge < -0.3 is 15.4 Å². The minimum absolute atomic E-state index is 0.218. The van der Waals surface area contributed by atoms with E-state index < -0.39 is 23.7 Å². The molecule has 2 bridgehead atoms. The van der Waals surface area contributed by atoms with Gasteiger partial charge in [0.1, 0.15) is 6.54 Å². The van der Waals surface area contributed by atoms with Crippen LogP contribution >= 0.6 is 0 Å². The quantitative estimate of drug-likeness (QED) is 0.694. The number of amides is 4. The minimum atomic E-state index is -0.559. The van der Waals surface area contributed by atoms with Gasteiger partial charge in [-0.15, -0.1) is 0 Å². The number of para-hydroxylation sites is 1. The molecule has 4 atom stereocenters. The molecule has 4 heterocycles. The molecule has 0 spiro atoms. The molecular weight excluding hydrogens is 388 g/mol. The number of likely N-dealkylation sites (tertiary alicyclic amines) is 1. The lowest BCUT2D eigenvalue weighted by molar-refractivity contribution is -0.145. The van der Waals surface area contributed by atoms with Gasteiger partial charge in [-0.2, -0.15) is 0 Å². The number of imide groups is 1. The summed E-state index contributed by atoms with van der Waals surface area (Å²) in [6.45, 7) is -0.660. The fourth-order valence-electron chi connectivity index (χ4n) is 4.71. The Kier molecular flexibility index (Phi) is 4.47. The van der Waals surface area contributed by atoms with Crippen LogP contribution in [0, 0.1) is 11.8 Å². The van der Waals surface area contributed by atoms with Gasteiger partial charge in [0, 0.05) is 11.6 Å². The van der Waals surface area contributed by atoms with Crippen molar-refractivity contribution >= 4 is 40.2 Å². The van der Waals surface area contributed by atoms with Crippen molar-refractivity contribution in [2.75, 3.05) is 18.4 Å². The van der Waals surface area contributed by atoms with Gasteiger partial charge in [0.25, 0.3) is 0 Å². The Morgan fingerprint density at radius 1 is 1.03 bits per heavy atom. The van der Waals surface area contributed by atoms with Gasteiger partial charge in [-0.3, -0.25) is 29.1 Å². The monoisotopic (exact) mass is 408 g/mol. The summed E-state index contributed by atoms with van der Waals surface area (Å²) in [5.41, 5.74) is 1.19. The molecule has 3 aliphatic rings. The molecule has 0 radical (unpaired) electrons. The zero-order valence-electron chi connectivity index (χ0n) is 16.0. The third-order valence-corrected chi connectivity index (χ3v) is 6.03. The number of anilines is 1. The van der Waals surface area contributed by atoms with Crippen molar-refractivity contribution in [3.63, 3.8) is 0 Å². The Morgan fingerprint density at radius 2 is 1.73 bits per heavy atom. The van der Waals surface area contributed by atoms with E-state index in [4.69, 9.17) is 4.74 Å². The Hall–Kier alpha value is -3.33. The number of pyridine rings is 1. The topological polar surface area (TPSA) is 118 Å². The van der Waals surface area contributed by atoms with Crippen molar-refractivity contribution in [1.29, 1.82) is 0 Å². The molecule has 0 saturated carbocycles. The molecule has 1 aromatic carbocycles. The Balaban J connectivity index is 1.17. The molecule has 154 valence electrons. The lowest BCUT2D eigenvalue weighted by atomic mass is 9.81. The molecule has 9 heteroatoms. The molecule has 2 N–H and O–H groups in total. The first-order chi connectivity index (χ1) is 14.5. The van der Waals surface area contributed by atoms with E-state index in [-0.39, 0.29) is 37.1 Å². The second kappa shape index (κ2) is 7.17. The Labute approximate surface area is 171 Å². The number of hydrogen-bond donors (Lipinski definition) is 2. The third kappa shape index (κ3) is 3.02. The van der Waals surface area contributed by atoms with E-state index in [1.165, 1.54) is 0 Å². The van der Waals surface area contributed by atoms with Crippen molar-refractivity contribution in [1.82, 2.24) is 15.2 Å². The van der Waals surface area contributed by atoms with Crippen LogP contribution in [-0.2, 0) is 23.9 Å². The Morgan fingerprint density at radius 3 is 2.47 bits per heavy atom. The summed E-state index contributed by atoms with van der Waals surface area (Å²) in [7, 11) is 0. The van der Waals surface area contributed by atoms with Gasteiger partial charge in [0.2, 0.25) is 23.6 Å². The van der Waals surface area contributed by atoms with Gasteiger partial charge in [-0.25, -0.2) is 0 Å². The van der Waals surface area contributed by atoms with Crippen molar-refractivity contribution in [3.8, 4) is 0 Å². The van der Waals surface area contributed by atoms with Crippen LogP contribution in [-0.4, -0.2) is 58.8 Å². The largest absolute Gasteiger partial charge is 0.373 e. The lowest BCUT2D eigenvalue weighted by Gasteiger charge is -2.17. The highest BCUT2D eigenvalue weighted by Crippen LogP contribution is 2.48. The Bertz CT molecular complexity index is 1040. The van der Waals surface area contributed by atoms with Crippen LogP contribution in [0.2, 0.25) is 0 Å². The van der Waals surface area contributed by atoms with E-state index in [1.807, 2.05) is 12.1 Å². The second-order valence-electron chi connectivity index (χ2n) is 7.81. The number of nitrogens with one attached hydrogen (secondary N) is 2. The van der Waals surface area contributed by atoms with Crippen molar-refractivity contribution < 1.29 is 23.9 Å². The number of rotatable bonds is 5. The van der Waals surface area contributed by atoms with Crippen LogP contribution in [0.15, 0.2) is 36.5 Å². The number of fused-ring (bicyclic) bond motifs is 6. The zero-order chi connectivity index (χ0) is 20.8. The molecule has 3 saturated heterocycles. The van der Waals surface area contributed by atoms with Crippen molar-refractivity contribution in [2.24, 2.45) is 11.8 Å². The summed E-state index contributed by atoms with van der Waals surface area (Å²) >= 11 is 0. The van der Waals surface area contributed by atoms with Crippen LogP contribution in [0.1, 0.15) is 12.8 Å². The summed E-state index contributed by atoms with van der Waals surface area (Å²) in [4.78, 5) is 55.0. The molecular formula is C21H20N4O5. The molecule has 0 unspecified atom stereocenters. The maximum atomic E-state index is 12.6. The second-order valence-corrected chi connectivity index (χ2v) is 7.81. The van der Waals surface area contributed by atoms with Gasteiger partial charge in [0.15, 0.2) is 0 Å². The van der Waals surface area contributed by atoms with Crippen LogP contribution in [0.5, 0.6) is 0 Å². The highest BCUT2D eigenvalue weighted by Gasteiger charge is 2.62. The summed E-state index contributed by atoms with van der Waals surface area (Å²) in [5.74, 6) is -2.62. The van der Waals surface area contributed by atoms with E-state index in [2.05, 4.69) is 15.6 Å². The molecule has 0 aliphatic carbocycles. The van der Waals surface area contributed by atoms with E-state index in [0.29, 0.717) is 11.2 Å². The van der Waals surface area contributed by atoms with E-state index >= 15 is 0 Å². The number of hydrogen-bond acceptors (Lipinski definition) is 6. The predicted octanol–water partition coefficient (Wildman–Crippen LogP) is 0.452. The summed E-state index contributed by atoms with van der Waals surface area (Å²) in [6, 6.07) is 9.11. The highest BCUT2D eigenvalue weighted by molar-refractivity contribution is 6.08. The smallest absolute Gasteiger partial charge is 0.243 e. The summed E-state index contributed by atoms with van der Waals surface area (Å²) in [6.07, 6.45) is 2.74. The highest BCUT2D eigenvalue weighted by atomic mass is 16.5. The molecule has 3 fully saturated rings. The number of carbonyl (C=O) groups is 4. The molecule has 3 aliphatic heterocycles. The minimum Gasteiger partial charge on any atom is -0.373 e. The number of ether oxygens (including phenoxy) is 1. The normalized spacial score (nSPS) is 26.9. The number of aromatic nitrogens is 1. The number of nitrogens with zero attached hydrogens (tertiary/aromatic N) is 2. The molecule has 30 heavy (non-hydrogen) atoms. The van der Waals surface area contributed by atoms with Crippen LogP contribution in [0.4, 0.5) is 5.69 Å². The average Bonchev–Trinajstić information content (AvgIpc) is 3.43. The molecule has 9 nitrogen and oxygen atoms in total. The number of carbonyl (C=O) groups excluding carboxylic acids is 4. The zero-order valence-corrected chi connectivity index (χ0v) is 16.0. The van der Waals surface area contributed by atoms with Crippen molar-refractivity contribution in [2.45, 2.75) is 25.0 Å². The molecule has 1 aromatic heterocycles. The predicted molar refractivity (Wildman–Crippen MR) is 105 cm³/mol. The van der Waals surface area contributed by atoms with E-state index in [1.54, 1.807) is 24.4 Å². The maximum Gasteiger partial charge on any atom is 0.243 e. The molecule has 4 amide bonds. The van der Waals surface area contributed by atoms with Crippen molar-refractivity contribution in [3.05, 3.63) is 36.5 Å². The first-order valence-electron chi connectivity index (χ1n) is 9.94. The maximum absolute atomic E-state index is 12.6. The fourth-order valence-corrected chi connectivity index (χ4v) is 4.71. The van der Waals surface area contributed by atoms with Crippen LogP contribution in [0.25, 0.3) is 10.9 Å². The van der Waals surface area contributed by atoms with Gasteiger partial charge in [-0.1, -0.05) is 18.2 Å².